The second kappa shape index (κ2) is 9.19. The van der Waals surface area contributed by atoms with Crippen molar-refractivity contribution in [2.24, 2.45) is 5.92 Å². The minimum Gasteiger partial charge on any atom is -0.361 e. The number of amides is 1. The number of nitrogens with one attached hydrogen (secondary N) is 1. The fourth-order valence-electron chi connectivity index (χ4n) is 5.67. The van der Waals surface area contributed by atoms with Crippen molar-refractivity contribution in [3.8, 4) is 0 Å². The summed E-state index contributed by atoms with van der Waals surface area (Å²) in [4.78, 5) is 19.0. The fourth-order valence-corrected chi connectivity index (χ4v) is 7.35. The molecule has 2 aromatic carbocycles. The van der Waals surface area contributed by atoms with E-state index >= 15 is 0 Å². The fraction of sp³-hybridized carbons (Fsp3) is 0.444. The first-order chi connectivity index (χ1) is 16.3. The zero-order valence-electron chi connectivity index (χ0n) is 20.0. The van der Waals surface area contributed by atoms with Gasteiger partial charge in [-0.1, -0.05) is 35.9 Å². The maximum atomic E-state index is 13.2. The van der Waals surface area contributed by atoms with Crippen LogP contribution in [0.1, 0.15) is 48.3 Å². The van der Waals surface area contributed by atoms with Crippen LogP contribution < -0.4 is 0 Å². The van der Waals surface area contributed by atoms with Crippen LogP contribution in [-0.2, 0) is 14.8 Å². The number of para-hydroxylation sites is 1. The van der Waals surface area contributed by atoms with Gasteiger partial charge in [0.25, 0.3) is 0 Å². The van der Waals surface area contributed by atoms with E-state index in [4.69, 9.17) is 0 Å². The van der Waals surface area contributed by atoms with Crippen molar-refractivity contribution in [3.63, 3.8) is 0 Å². The Labute approximate surface area is 202 Å². The van der Waals surface area contributed by atoms with Crippen LogP contribution in [0.3, 0.4) is 0 Å². The molecule has 7 heteroatoms. The number of carbonyl (C=O) groups is 1. The zero-order chi connectivity index (χ0) is 23.9. The van der Waals surface area contributed by atoms with E-state index in [0.29, 0.717) is 36.7 Å². The summed E-state index contributed by atoms with van der Waals surface area (Å²) < 4.78 is 27.9. The van der Waals surface area contributed by atoms with Crippen LogP contribution in [0.5, 0.6) is 0 Å². The molecule has 0 unspecified atom stereocenters. The molecule has 6 nitrogen and oxygen atoms in total. The van der Waals surface area contributed by atoms with Gasteiger partial charge in [0, 0.05) is 49.2 Å². The summed E-state index contributed by atoms with van der Waals surface area (Å²) in [5, 5.41) is 1.28. The molecule has 2 aliphatic rings. The average molecular weight is 480 g/mol. The normalized spacial score (nSPS) is 19.1. The summed E-state index contributed by atoms with van der Waals surface area (Å²) in [6.07, 6.45) is 5.23. The first-order valence-electron chi connectivity index (χ1n) is 12.3. The first kappa shape index (κ1) is 23.1. The van der Waals surface area contributed by atoms with E-state index in [1.54, 1.807) is 10.4 Å². The highest BCUT2D eigenvalue weighted by Crippen LogP contribution is 2.34. The number of aromatic nitrogens is 1. The maximum Gasteiger partial charge on any atom is 0.243 e. The van der Waals surface area contributed by atoms with E-state index in [1.807, 2.05) is 36.9 Å². The third-order valence-corrected chi connectivity index (χ3v) is 9.68. The zero-order valence-corrected chi connectivity index (χ0v) is 20.8. The number of benzene rings is 2. The second-order valence-corrected chi connectivity index (χ2v) is 11.7. The number of sulfonamides is 1. The summed E-state index contributed by atoms with van der Waals surface area (Å²) >= 11 is 0. The number of hydrogen-bond donors (Lipinski definition) is 1. The van der Waals surface area contributed by atoms with Crippen LogP contribution in [-0.4, -0.2) is 54.7 Å². The van der Waals surface area contributed by atoms with Crippen molar-refractivity contribution < 1.29 is 13.2 Å². The third-order valence-electron chi connectivity index (χ3n) is 7.62. The van der Waals surface area contributed by atoms with Crippen LogP contribution in [0.4, 0.5) is 0 Å². The molecule has 180 valence electrons. The van der Waals surface area contributed by atoms with Gasteiger partial charge in [-0.3, -0.25) is 4.79 Å². The molecule has 0 saturated carbocycles. The molecule has 0 aliphatic carbocycles. The number of H-pyrrole nitrogens is 1. The van der Waals surface area contributed by atoms with Gasteiger partial charge < -0.3 is 9.88 Å². The van der Waals surface area contributed by atoms with E-state index in [0.717, 1.165) is 37.1 Å². The molecule has 2 saturated heterocycles. The predicted molar refractivity (Wildman–Crippen MR) is 134 cm³/mol. The van der Waals surface area contributed by atoms with Crippen LogP contribution in [0.15, 0.2) is 53.6 Å². The summed E-state index contributed by atoms with van der Waals surface area (Å²) in [6.45, 7) is 6.14. The monoisotopic (exact) mass is 479 g/mol. The summed E-state index contributed by atoms with van der Waals surface area (Å²) in [5.74, 6) is 0.570. The number of fused-ring (bicyclic) bond motifs is 1. The van der Waals surface area contributed by atoms with Gasteiger partial charge in [0.2, 0.25) is 15.9 Å². The minimum absolute atomic E-state index is 0.0878. The van der Waals surface area contributed by atoms with Gasteiger partial charge in [-0.2, -0.15) is 4.31 Å². The molecular weight excluding hydrogens is 446 g/mol. The number of carbonyl (C=O) groups excluding carboxylic acids is 1. The first-order valence-corrected chi connectivity index (χ1v) is 13.7. The van der Waals surface area contributed by atoms with E-state index in [2.05, 4.69) is 29.4 Å². The Balaban J connectivity index is 1.18. The SMILES string of the molecule is Cc1ccc(S(=O)(=O)N2CCC(C(=O)N3CCC(c4c[nH]c5ccccc45)CC3)CC2)c(C)c1. The Kier molecular flexibility index (Phi) is 6.25. The number of rotatable bonds is 4. The van der Waals surface area contributed by atoms with Crippen molar-refractivity contribution >= 4 is 26.8 Å². The van der Waals surface area contributed by atoms with Crippen LogP contribution in [0.25, 0.3) is 10.9 Å². The molecule has 1 N–H and O–H groups in total. The number of piperidine rings is 2. The minimum atomic E-state index is -3.53. The van der Waals surface area contributed by atoms with Crippen molar-refractivity contribution in [2.75, 3.05) is 26.2 Å². The molecule has 2 aliphatic heterocycles. The predicted octanol–water partition coefficient (Wildman–Crippen LogP) is 4.59. The Morgan fingerprint density at radius 1 is 0.941 bits per heavy atom. The highest BCUT2D eigenvalue weighted by molar-refractivity contribution is 7.89. The van der Waals surface area contributed by atoms with E-state index < -0.39 is 10.0 Å². The highest BCUT2D eigenvalue weighted by Gasteiger charge is 2.35. The molecule has 3 heterocycles. The maximum absolute atomic E-state index is 13.2. The summed E-state index contributed by atoms with van der Waals surface area (Å²) in [7, 11) is -3.53. The number of hydrogen-bond acceptors (Lipinski definition) is 3. The van der Waals surface area contributed by atoms with Gasteiger partial charge in [0.1, 0.15) is 0 Å². The molecule has 5 rings (SSSR count). The molecule has 0 atom stereocenters. The third kappa shape index (κ3) is 4.27. The lowest BCUT2D eigenvalue weighted by Gasteiger charge is -2.37. The Morgan fingerprint density at radius 2 is 1.65 bits per heavy atom. The molecule has 3 aromatic rings. The number of aryl methyl sites for hydroxylation is 2. The number of aromatic amines is 1. The molecule has 0 radical (unpaired) electrons. The Hall–Kier alpha value is -2.64. The van der Waals surface area contributed by atoms with E-state index in [1.165, 1.54) is 16.5 Å². The van der Waals surface area contributed by atoms with Crippen molar-refractivity contribution in [2.45, 2.75) is 50.3 Å². The molecule has 1 aromatic heterocycles. The smallest absolute Gasteiger partial charge is 0.243 e. The lowest BCUT2D eigenvalue weighted by atomic mass is 9.88. The van der Waals surface area contributed by atoms with Gasteiger partial charge in [-0.05, 0) is 68.7 Å². The molecule has 34 heavy (non-hydrogen) atoms. The van der Waals surface area contributed by atoms with Gasteiger partial charge in [-0.25, -0.2) is 8.42 Å². The largest absolute Gasteiger partial charge is 0.361 e. The van der Waals surface area contributed by atoms with Gasteiger partial charge >= 0.3 is 0 Å². The standard InChI is InChI=1S/C27H33N3O3S/c1-19-7-8-26(20(2)17-19)34(32,33)30-15-11-22(12-16-30)27(31)29-13-9-21(10-14-29)24-18-28-25-6-4-3-5-23(24)25/h3-8,17-18,21-22,28H,9-16H2,1-2H3. The Morgan fingerprint density at radius 3 is 2.35 bits per heavy atom. The van der Waals surface area contributed by atoms with Crippen LogP contribution in [0.2, 0.25) is 0 Å². The highest BCUT2D eigenvalue weighted by atomic mass is 32.2. The topological polar surface area (TPSA) is 73.5 Å². The van der Waals surface area contributed by atoms with Crippen molar-refractivity contribution in [1.82, 2.24) is 14.2 Å². The van der Waals surface area contributed by atoms with Gasteiger partial charge in [-0.15, -0.1) is 0 Å². The quantitative estimate of drug-likeness (QED) is 0.595. The van der Waals surface area contributed by atoms with Crippen LogP contribution >= 0.6 is 0 Å². The van der Waals surface area contributed by atoms with Crippen molar-refractivity contribution in [3.05, 3.63) is 65.4 Å². The van der Waals surface area contributed by atoms with E-state index in [9.17, 15) is 13.2 Å². The van der Waals surface area contributed by atoms with Crippen LogP contribution in [0, 0.1) is 19.8 Å². The summed E-state index contributed by atoms with van der Waals surface area (Å²) in [5.41, 5.74) is 4.34. The molecule has 0 spiro atoms. The molecule has 0 bridgehead atoms. The van der Waals surface area contributed by atoms with Gasteiger partial charge in [0.15, 0.2) is 0 Å². The second-order valence-electron chi connectivity index (χ2n) is 9.84. The Bertz CT molecular complexity index is 1300. The summed E-state index contributed by atoms with van der Waals surface area (Å²) in [6, 6.07) is 13.8. The lowest BCUT2D eigenvalue weighted by Crippen LogP contribution is -2.46. The number of nitrogens with zero attached hydrogens (tertiary/aromatic N) is 2. The number of likely N-dealkylation sites (tertiary alicyclic amines) is 1. The average Bonchev–Trinajstić information content (AvgIpc) is 3.28. The van der Waals surface area contributed by atoms with Gasteiger partial charge in [0.05, 0.1) is 4.90 Å². The van der Waals surface area contributed by atoms with E-state index in [-0.39, 0.29) is 11.8 Å². The lowest BCUT2D eigenvalue weighted by molar-refractivity contribution is -0.137. The molecule has 2 fully saturated rings. The molecular formula is C27H33N3O3S. The molecule has 1 amide bonds. The van der Waals surface area contributed by atoms with Crippen molar-refractivity contribution in [1.29, 1.82) is 0 Å².